The van der Waals surface area contributed by atoms with E-state index in [0.717, 1.165) is 17.0 Å². The van der Waals surface area contributed by atoms with Crippen molar-refractivity contribution in [2.75, 3.05) is 5.01 Å². The van der Waals surface area contributed by atoms with Gasteiger partial charge in [-0.15, -0.1) is 0 Å². The minimum absolute atomic E-state index is 0.0273. The van der Waals surface area contributed by atoms with E-state index in [1.165, 1.54) is 5.56 Å². The van der Waals surface area contributed by atoms with Gasteiger partial charge in [0.1, 0.15) is 24.7 Å². The van der Waals surface area contributed by atoms with Gasteiger partial charge in [0.15, 0.2) is 0 Å². The lowest BCUT2D eigenvalue weighted by atomic mass is 9.93. The first-order valence-electron chi connectivity index (χ1n) is 9.29. The predicted octanol–water partition coefficient (Wildman–Crippen LogP) is 4.49. The Morgan fingerprint density at radius 2 is 1.32 bits per heavy atom. The number of nitrogens with zero attached hydrogens (tertiary/aromatic N) is 5. The number of benzene rings is 3. The van der Waals surface area contributed by atoms with Crippen LogP contribution in [0.25, 0.3) is 0 Å². The van der Waals surface area contributed by atoms with Crippen LogP contribution in [0, 0.1) is 0 Å². The van der Waals surface area contributed by atoms with Gasteiger partial charge in [-0.05, 0) is 17.7 Å². The molecule has 0 fully saturated rings. The highest BCUT2D eigenvalue weighted by Crippen LogP contribution is 2.42. The van der Waals surface area contributed by atoms with Crippen LogP contribution >= 0.6 is 0 Å². The van der Waals surface area contributed by atoms with Crippen molar-refractivity contribution in [3.05, 3.63) is 115 Å². The highest BCUT2D eigenvalue weighted by atomic mass is 15.5. The molecule has 1 aromatic heterocycles. The molecule has 136 valence electrons. The van der Waals surface area contributed by atoms with Gasteiger partial charge in [0.05, 0.1) is 11.4 Å². The molecule has 1 aliphatic heterocycles. The molecule has 2 atom stereocenters. The average molecular weight is 365 g/mol. The van der Waals surface area contributed by atoms with Gasteiger partial charge in [0.25, 0.3) is 0 Å². The van der Waals surface area contributed by atoms with Crippen molar-refractivity contribution >= 4 is 11.4 Å². The van der Waals surface area contributed by atoms with E-state index in [0.29, 0.717) is 0 Å². The quantitative estimate of drug-likeness (QED) is 0.535. The third-order valence-electron chi connectivity index (χ3n) is 5.01. The molecule has 5 rings (SSSR count). The van der Waals surface area contributed by atoms with Crippen LogP contribution < -0.4 is 5.01 Å². The molecule has 0 saturated carbocycles. The van der Waals surface area contributed by atoms with Crippen molar-refractivity contribution in [3.8, 4) is 0 Å². The average Bonchev–Trinajstić information content (AvgIpc) is 3.43. The second-order valence-corrected chi connectivity index (χ2v) is 6.71. The maximum atomic E-state index is 5.09. The van der Waals surface area contributed by atoms with E-state index in [1.54, 1.807) is 12.7 Å². The van der Waals surface area contributed by atoms with E-state index in [4.69, 9.17) is 5.10 Å². The lowest BCUT2D eigenvalue weighted by Crippen LogP contribution is -2.28. The van der Waals surface area contributed by atoms with Crippen LogP contribution in [-0.2, 0) is 0 Å². The first-order chi connectivity index (χ1) is 13.9. The highest BCUT2D eigenvalue weighted by Gasteiger charge is 2.41. The van der Waals surface area contributed by atoms with E-state index in [1.807, 2.05) is 47.1 Å². The summed E-state index contributed by atoms with van der Waals surface area (Å²) < 4.78 is 1.91. The van der Waals surface area contributed by atoms with Crippen molar-refractivity contribution in [2.24, 2.45) is 5.10 Å². The van der Waals surface area contributed by atoms with Gasteiger partial charge in [-0.1, -0.05) is 78.9 Å². The smallest absolute Gasteiger partial charge is 0.137 e. The number of hydrogen-bond donors (Lipinski definition) is 0. The van der Waals surface area contributed by atoms with E-state index < -0.39 is 0 Å². The van der Waals surface area contributed by atoms with Gasteiger partial charge in [-0.3, -0.25) is 5.01 Å². The molecule has 0 bridgehead atoms. The highest BCUT2D eigenvalue weighted by molar-refractivity contribution is 6.06. The van der Waals surface area contributed by atoms with Gasteiger partial charge in [0, 0.05) is 5.56 Å². The van der Waals surface area contributed by atoms with Crippen molar-refractivity contribution in [1.29, 1.82) is 0 Å². The monoisotopic (exact) mass is 365 g/mol. The number of anilines is 1. The fraction of sp³-hybridized carbons (Fsp3) is 0.0870. The van der Waals surface area contributed by atoms with Crippen LogP contribution in [0.15, 0.2) is 109 Å². The fourth-order valence-corrected chi connectivity index (χ4v) is 3.76. The lowest BCUT2D eigenvalue weighted by molar-refractivity contribution is 0.485. The Kier molecular flexibility index (Phi) is 4.18. The fourth-order valence-electron chi connectivity index (χ4n) is 3.76. The van der Waals surface area contributed by atoms with Crippen molar-refractivity contribution in [3.63, 3.8) is 0 Å². The lowest BCUT2D eigenvalue weighted by Gasteiger charge is -2.28. The summed E-state index contributed by atoms with van der Waals surface area (Å²) >= 11 is 0. The predicted molar refractivity (Wildman–Crippen MR) is 110 cm³/mol. The van der Waals surface area contributed by atoms with Crippen LogP contribution in [-0.4, -0.2) is 20.5 Å². The third-order valence-corrected chi connectivity index (χ3v) is 5.01. The minimum Gasteiger partial charge on any atom is -0.255 e. The summed E-state index contributed by atoms with van der Waals surface area (Å²) in [6.45, 7) is 0. The second-order valence-electron chi connectivity index (χ2n) is 6.71. The number of hydrazone groups is 1. The Balaban J connectivity index is 1.71. The van der Waals surface area contributed by atoms with E-state index in [9.17, 15) is 0 Å². The van der Waals surface area contributed by atoms with Crippen LogP contribution in [0.4, 0.5) is 5.69 Å². The first-order valence-corrected chi connectivity index (χ1v) is 9.29. The topological polar surface area (TPSA) is 46.3 Å². The number of rotatable bonds is 4. The maximum absolute atomic E-state index is 5.09. The summed E-state index contributed by atoms with van der Waals surface area (Å²) in [6, 6.07) is 30.9. The van der Waals surface area contributed by atoms with Gasteiger partial charge >= 0.3 is 0 Å². The summed E-state index contributed by atoms with van der Waals surface area (Å²) in [4.78, 5) is 4.20. The molecular weight excluding hydrogens is 346 g/mol. The Morgan fingerprint density at radius 3 is 1.96 bits per heavy atom. The van der Waals surface area contributed by atoms with Crippen LogP contribution in [0.5, 0.6) is 0 Å². The summed E-state index contributed by atoms with van der Waals surface area (Å²) in [6.07, 6.45) is 3.35. The second kappa shape index (κ2) is 7.12. The molecule has 0 N–H and O–H groups in total. The molecular formula is C23H19N5. The summed E-state index contributed by atoms with van der Waals surface area (Å²) in [5, 5.41) is 11.7. The first kappa shape index (κ1) is 16.4. The van der Waals surface area contributed by atoms with Gasteiger partial charge in [-0.2, -0.15) is 10.2 Å². The minimum atomic E-state index is -0.0903. The van der Waals surface area contributed by atoms with Crippen molar-refractivity contribution in [1.82, 2.24) is 14.8 Å². The summed E-state index contributed by atoms with van der Waals surface area (Å²) in [7, 11) is 0. The number of hydrogen-bond acceptors (Lipinski definition) is 4. The molecule has 0 spiro atoms. The van der Waals surface area contributed by atoms with E-state index in [2.05, 4.69) is 63.6 Å². The van der Waals surface area contributed by atoms with E-state index >= 15 is 0 Å². The molecule has 28 heavy (non-hydrogen) atoms. The molecule has 3 aromatic carbocycles. The van der Waals surface area contributed by atoms with Gasteiger partial charge in [0.2, 0.25) is 0 Å². The Bertz CT molecular complexity index is 1060. The molecule has 5 nitrogen and oxygen atoms in total. The Hall–Kier alpha value is -3.73. The maximum Gasteiger partial charge on any atom is 0.137 e. The molecule has 0 amide bonds. The molecule has 5 heteroatoms. The number of aromatic nitrogens is 3. The molecule has 0 saturated heterocycles. The zero-order chi connectivity index (χ0) is 18.8. The zero-order valence-electron chi connectivity index (χ0n) is 15.2. The zero-order valence-corrected chi connectivity index (χ0v) is 15.2. The standard InChI is InChI=1S/C23H19N5/c1-4-10-18(11-5-1)21-23(27-17-24-16-25-27)22(19-12-6-2-7-13-19)28(26-21)20-14-8-3-9-15-20/h1-17,22-23H. The molecule has 0 aliphatic carbocycles. The molecule has 2 heterocycles. The summed E-state index contributed by atoms with van der Waals surface area (Å²) in [5.74, 6) is 0. The Labute approximate surface area is 163 Å². The summed E-state index contributed by atoms with van der Waals surface area (Å²) in [5.41, 5.74) is 4.29. The van der Waals surface area contributed by atoms with Crippen molar-refractivity contribution < 1.29 is 0 Å². The van der Waals surface area contributed by atoms with Crippen LogP contribution in [0.2, 0.25) is 0 Å². The molecule has 0 radical (unpaired) electrons. The molecule has 1 aliphatic rings. The van der Waals surface area contributed by atoms with Crippen molar-refractivity contribution in [2.45, 2.75) is 12.1 Å². The normalized spacial score (nSPS) is 18.9. The number of para-hydroxylation sites is 1. The third kappa shape index (κ3) is 2.87. The Morgan fingerprint density at radius 1 is 0.679 bits per heavy atom. The van der Waals surface area contributed by atoms with Gasteiger partial charge < -0.3 is 0 Å². The van der Waals surface area contributed by atoms with Gasteiger partial charge in [-0.25, -0.2) is 9.67 Å². The largest absolute Gasteiger partial charge is 0.255 e. The SMILES string of the molecule is c1ccc(C2=NN(c3ccccc3)C(c3ccccc3)C2n2cncn2)cc1. The molecule has 4 aromatic rings. The van der Waals surface area contributed by atoms with Crippen LogP contribution in [0.3, 0.4) is 0 Å². The molecule has 2 unspecified atom stereocenters. The van der Waals surface area contributed by atoms with Crippen LogP contribution in [0.1, 0.15) is 23.2 Å². The van der Waals surface area contributed by atoms with E-state index in [-0.39, 0.29) is 12.1 Å².